The summed E-state index contributed by atoms with van der Waals surface area (Å²) in [4.78, 5) is 1.18. The predicted octanol–water partition coefficient (Wildman–Crippen LogP) is 0.0168. The maximum atomic E-state index is 8.57. The molecule has 1 aromatic heterocycles. The Hall–Kier alpha value is -2.09. The molecular weight excluding hydrogens is 154 g/mol. The first-order valence-electron chi connectivity index (χ1n) is 3.32. The van der Waals surface area contributed by atoms with Crippen molar-refractivity contribution in [2.24, 2.45) is 0 Å². The summed E-state index contributed by atoms with van der Waals surface area (Å²) in [5.41, 5.74) is 1.91. The van der Waals surface area contributed by atoms with Gasteiger partial charge in [-0.05, 0) is 23.4 Å². The van der Waals surface area contributed by atoms with E-state index in [0.29, 0.717) is 16.6 Å². The van der Waals surface area contributed by atoms with Gasteiger partial charge in [0, 0.05) is 0 Å². The van der Waals surface area contributed by atoms with Crippen LogP contribution in [-0.4, -0.2) is 15.1 Å². The highest BCUT2D eigenvalue weighted by molar-refractivity contribution is 5.75. The van der Waals surface area contributed by atoms with Gasteiger partial charge in [0.15, 0.2) is 0 Å². The minimum absolute atomic E-state index is 0.558. The molecule has 0 saturated heterocycles. The van der Waals surface area contributed by atoms with E-state index in [1.807, 2.05) is 6.07 Å². The first-order chi connectivity index (χ1) is 5.81. The van der Waals surface area contributed by atoms with E-state index in [9.17, 15) is 0 Å². The van der Waals surface area contributed by atoms with Crippen LogP contribution in [-0.2, 0) is 0 Å². The number of nitriles is 1. The van der Waals surface area contributed by atoms with Gasteiger partial charge < -0.3 is 5.84 Å². The lowest BCUT2D eigenvalue weighted by Gasteiger charge is -1.90. The molecule has 0 unspecified atom stereocenters. The SMILES string of the molecule is N#Cc1ccc2c(c1)nnn2N. The summed E-state index contributed by atoms with van der Waals surface area (Å²) in [5, 5.41) is 15.9. The van der Waals surface area contributed by atoms with Crippen LogP contribution < -0.4 is 5.84 Å². The number of benzene rings is 1. The molecule has 2 aromatic rings. The zero-order chi connectivity index (χ0) is 8.55. The Morgan fingerprint density at radius 2 is 2.33 bits per heavy atom. The van der Waals surface area contributed by atoms with Crippen molar-refractivity contribution in [2.45, 2.75) is 0 Å². The Morgan fingerprint density at radius 1 is 1.50 bits per heavy atom. The third-order valence-corrected chi connectivity index (χ3v) is 1.60. The van der Waals surface area contributed by atoms with E-state index < -0.39 is 0 Å². The molecule has 1 heterocycles. The standard InChI is InChI=1S/C7H5N5/c8-4-5-1-2-7-6(3-5)10-11-12(7)9/h1-3H,9H2. The molecule has 0 radical (unpaired) electrons. The number of nitrogen functional groups attached to an aromatic ring is 1. The number of fused-ring (bicyclic) bond motifs is 1. The lowest BCUT2D eigenvalue weighted by Crippen LogP contribution is -2.09. The van der Waals surface area contributed by atoms with Crippen LogP contribution in [0.5, 0.6) is 0 Å². The van der Waals surface area contributed by atoms with Gasteiger partial charge in [-0.2, -0.15) is 10.1 Å². The van der Waals surface area contributed by atoms with E-state index in [2.05, 4.69) is 10.3 Å². The molecule has 2 N–H and O–H groups in total. The summed E-state index contributed by atoms with van der Waals surface area (Å²) in [5.74, 6) is 5.43. The molecule has 1 aromatic carbocycles. The topological polar surface area (TPSA) is 80.5 Å². The highest BCUT2D eigenvalue weighted by Crippen LogP contribution is 2.10. The summed E-state index contributed by atoms with van der Waals surface area (Å²) >= 11 is 0. The Labute approximate surface area is 68.0 Å². The zero-order valence-corrected chi connectivity index (χ0v) is 6.10. The first-order valence-corrected chi connectivity index (χ1v) is 3.32. The molecule has 0 amide bonds. The van der Waals surface area contributed by atoms with E-state index in [0.717, 1.165) is 0 Å². The molecule has 5 nitrogen and oxygen atoms in total. The van der Waals surface area contributed by atoms with Crippen LogP contribution in [0.4, 0.5) is 0 Å². The van der Waals surface area contributed by atoms with Gasteiger partial charge in [-0.25, -0.2) is 0 Å². The van der Waals surface area contributed by atoms with Crippen LogP contribution in [0.3, 0.4) is 0 Å². The number of hydrogen-bond donors (Lipinski definition) is 1. The average molecular weight is 159 g/mol. The van der Waals surface area contributed by atoms with E-state index in [-0.39, 0.29) is 0 Å². The maximum absolute atomic E-state index is 8.57. The minimum Gasteiger partial charge on any atom is -0.321 e. The Kier molecular flexibility index (Phi) is 1.21. The van der Waals surface area contributed by atoms with Crippen LogP contribution in [0.1, 0.15) is 5.56 Å². The number of rotatable bonds is 0. The van der Waals surface area contributed by atoms with Crippen molar-refractivity contribution >= 4 is 11.0 Å². The van der Waals surface area contributed by atoms with Gasteiger partial charge in [0.1, 0.15) is 11.0 Å². The van der Waals surface area contributed by atoms with Gasteiger partial charge >= 0.3 is 0 Å². The summed E-state index contributed by atoms with van der Waals surface area (Å²) in [6.07, 6.45) is 0. The third kappa shape index (κ3) is 0.787. The number of hydrogen-bond acceptors (Lipinski definition) is 4. The molecule has 0 atom stereocenters. The van der Waals surface area contributed by atoms with E-state index >= 15 is 0 Å². The van der Waals surface area contributed by atoms with Gasteiger partial charge in [0.2, 0.25) is 0 Å². The van der Waals surface area contributed by atoms with Crippen LogP contribution in [0.25, 0.3) is 11.0 Å². The van der Waals surface area contributed by atoms with E-state index in [1.54, 1.807) is 18.2 Å². The quantitative estimate of drug-likeness (QED) is 0.549. The van der Waals surface area contributed by atoms with Crippen LogP contribution in [0.2, 0.25) is 0 Å². The Bertz CT molecular complexity index is 464. The molecular formula is C7H5N5. The van der Waals surface area contributed by atoms with E-state index in [4.69, 9.17) is 11.1 Å². The molecule has 0 spiro atoms. The van der Waals surface area contributed by atoms with Crippen molar-refractivity contribution in [3.8, 4) is 6.07 Å². The fraction of sp³-hybridized carbons (Fsp3) is 0. The minimum atomic E-state index is 0.558. The molecule has 5 heteroatoms. The van der Waals surface area contributed by atoms with Crippen molar-refractivity contribution < 1.29 is 0 Å². The van der Waals surface area contributed by atoms with Crippen LogP contribution >= 0.6 is 0 Å². The fourth-order valence-corrected chi connectivity index (χ4v) is 1.01. The lowest BCUT2D eigenvalue weighted by molar-refractivity contribution is 0.787. The van der Waals surface area contributed by atoms with Crippen LogP contribution in [0.15, 0.2) is 18.2 Å². The van der Waals surface area contributed by atoms with Crippen molar-refractivity contribution in [1.82, 2.24) is 15.1 Å². The number of aromatic nitrogens is 3. The molecule has 58 valence electrons. The van der Waals surface area contributed by atoms with Gasteiger partial charge in [0.25, 0.3) is 0 Å². The Morgan fingerprint density at radius 3 is 3.08 bits per heavy atom. The molecule has 12 heavy (non-hydrogen) atoms. The molecule has 0 aliphatic carbocycles. The first kappa shape index (κ1) is 6.61. The second-order valence-corrected chi connectivity index (χ2v) is 2.35. The normalized spacial score (nSPS) is 9.92. The van der Waals surface area contributed by atoms with Gasteiger partial charge in [-0.15, -0.1) is 5.10 Å². The highest BCUT2D eigenvalue weighted by Gasteiger charge is 2.01. The molecule has 0 saturated carbocycles. The van der Waals surface area contributed by atoms with Crippen LogP contribution in [0, 0.1) is 11.3 Å². The second kappa shape index (κ2) is 2.20. The molecule has 0 aliphatic rings. The van der Waals surface area contributed by atoms with Gasteiger partial charge in [-0.3, -0.25) is 0 Å². The summed E-state index contributed by atoms with van der Waals surface area (Å²) < 4.78 is 0. The summed E-state index contributed by atoms with van der Waals surface area (Å²) in [6.45, 7) is 0. The Balaban J connectivity index is 2.80. The number of nitrogens with two attached hydrogens (primary N) is 1. The number of nitrogens with zero attached hydrogens (tertiary/aromatic N) is 4. The van der Waals surface area contributed by atoms with Crippen molar-refractivity contribution in [2.75, 3.05) is 5.84 Å². The molecule has 2 rings (SSSR count). The van der Waals surface area contributed by atoms with E-state index in [1.165, 1.54) is 4.79 Å². The zero-order valence-electron chi connectivity index (χ0n) is 6.10. The monoisotopic (exact) mass is 159 g/mol. The largest absolute Gasteiger partial charge is 0.321 e. The highest BCUT2D eigenvalue weighted by atomic mass is 15.6. The lowest BCUT2D eigenvalue weighted by atomic mass is 10.2. The second-order valence-electron chi connectivity index (χ2n) is 2.35. The van der Waals surface area contributed by atoms with Crippen molar-refractivity contribution in [3.63, 3.8) is 0 Å². The predicted molar refractivity (Wildman–Crippen MR) is 42.4 cm³/mol. The third-order valence-electron chi connectivity index (χ3n) is 1.60. The maximum Gasteiger partial charge on any atom is 0.116 e. The fourth-order valence-electron chi connectivity index (χ4n) is 1.01. The van der Waals surface area contributed by atoms with Gasteiger partial charge in [0.05, 0.1) is 11.6 Å². The van der Waals surface area contributed by atoms with Crippen molar-refractivity contribution in [3.05, 3.63) is 23.8 Å². The molecule has 0 fully saturated rings. The molecule has 0 bridgehead atoms. The van der Waals surface area contributed by atoms with Crippen molar-refractivity contribution in [1.29, 1.82) is 5.26 Å². The smallest absolute Gasteiger partial charge is 0.116 e. The molecule has 0 aliphatic heterocycles. The average Bonchev–Trinajstić information content (AvgIpc) is 2.47. The van der Waals surface area contributed by atoms with Gasteiger partial charge in [-0.1, -0.05) is 0 Å². The summed E-state index contributed by atoms with van der Waals surface area (Å²) in [7, 11) is 0. The summed E-state index contributed by atoms with van der Waals surface area (Å²) in [6, 6.07) is 7.05.